The number of rotatable bonds is 5. The average Bonchev–Trinajstić information content (AvgIpc) is 2.83. The number of nitrogens with zero attached hydrogens (tertiary/aromatic N) is 6. The van der Waals surface area contributed by atoms with Crippen LogP contribution >= 0.6 is 0 Å². The molecule has 0 radical (unpaired) electrons. The Morgan fingerprint density at radius 1 is 0.892 bits per heavy atom. The van der Waals surface area contributed by atoms with Gasteiger partial charge in [0, 0.05) is 29.7 Å². The second-order valence-corrected chi connectivity index (χ2v) is 7.42. The number of aromatic nitrogens is 6. The van der Waals surface area contributed by atoms with Gasteiger partial charge in [-0.05, 0) is 37.3 Å². The van der Waals surface area contributed by atoms with Crippen molar-refractivity contribution in [2.24, 2.45) is 0 Å². The van der Waals surface area contributed by atoms with Crippen molar-refractivity contribution in [3.05, 3.63) is 82.2 Å². The van der Waals surface area contributed by atoms with Gasteiger partial charge in [0.2, 0.25) is 11.9 Å². The fourth-order valence-electron chi connectivity index (χ4n) is 3.00. The highest BCUT2D eigenvalue weighted by atomic mass is 19.4. The Kier molecular flexibility index (Phi) is 6.46. The van der Waals surface area contributed by atoms with Gasteiger partial charge in [-0.15, -0.1) is 0 Å². The Balaban J connectivity index is 1.88. The quantitative estimate of drug-likeness (QED) is 0.302. The predicted octanol–water partition coefficient (Wildman–Crippen LogP) is 4.46. The van der Waals surface area contributed by atoms with Crippen molar-refractivity contribution in [2.75, 3.05) is 5.32 Å². The number of ketones is 1. The van der Waals surface area contributed by atoms with Crippen LogP contribution in [0.4, 0.5) is 38.0 Å². The van der Waals surface area contributed by atoms with Crippen LogP contribution in [-0.4, -0.2) is 35.3 Å². The molecule has 0 aliphatic heterocycles. The molecule has 0 bridgehead atoms. The van der Waals surface area contributed by atoms with Gasteiger partial charge in [-0.1, -0.05) is 6.07 Å². The molecule has 0 aromatic carbocycles. The van der Waals surface area contributed by atoms with E-state index >= 15 is 0 Å². The van der Waals surface area contributed by atoms with Gasteiger partial charge in [-0.3, -0.25) is 19.1 Å². The zero-order valence-corrected chi connectivity index (χ0v) is 18.5. The topological polar surface area (TPSA) is 116 Å². The van der Waals surface area contributed by atoms with Crippen LogP contribution in [0.2, 0.25) is 0 Å². The first-order valence-corrected chi connectivity index (χ1v) is 10.2. The highest BCUT2D eigenvalue weighted by Gasteiger charge is 2.33. The summed E-state index contributed by atoms with van der Waals surface area (Å²) in [5, 5.41) is 2.50. The molecule has 9 nitrogen and oxygen atoms in total. The number of carbonyl (C=O) groups excluding carboxylic acids is 1. The van der Waals surface area contributed by atoms with Crippen molar-refractivity contribution >= 4 is 17.4 Å². The van der Waals surface area contributed by atoms with Gasteiger partial charge in [0.05, 0.1) is 0 Å². The maximum atomic E-state index is 13.2. The summed E-state index contributed by atoms with van der Waals surface area (Å²) in [6.45, 7) is 1.24. The molecule has 0 unspecified atom stereocenters. The molecule has 15 heteroatoms. The molecule has 0 saturated carbocycles. The third kappa shape index (κ3) is 5.76. The fraction of sp³-hybridized carbons (Fsp3) is 0.136. The SMILES string of the molecule is CC(=O)c1ccc(=O)n(-c2nc(Nc3ccnc(C(F)(F)F)c3)nc(-c3cccc(C(F)(F)F)n3)n2)c1. The van der Waals surface area contributed by atoms with Gasteiger partial charge in [-0.2, -0.15) is 41.3 Å². The Morgan fingerprint density at radius 3 is 2.30 bits per heavy atom. The number of hydrogen-bond donors (Lipinski definition) is 1. The fourth-order valence-corrected chi connectivity index (χ4v) is 3.00. The summed E-state index contributed by atoms with van der Waals surface area (Å²) in [7, 11) is 0. The monoisotopic (exact) mass is 521 g/mol. The molecule has 0 saturated heterocycles. The maximum Gasteiger partial charge on any atom is 0.433 e. The summed E-state index contributed by atoms with van der Waals surface area (Å²) in [6, 6.07) is 7.09. The minimum absolute atomic E-state index is 0.0946. The summed E-state index contributed by atoms with van der Waals surface area (Å²) >= 11 is 0. The van der Waals surface area contributed by atoms with Crippen LogP contribution in [0.25, 0.3) is 17.5 Å². The molecule has 0 aliphatic carbocycles. The molecule has 0 spiro atoms. The highest BCUT2D eigenvalue weighted by molar-refractivity contribution is 5.93. The summed E-state index contributed by atoms with van der Waals surface area (Å²) in [6.07, 6.45) is -7.55. The van der Waals surface area contributed by atoms with Gasteiger partial charge >= 0.3 is 12.4 Å². The van der Waals surface area contributed by atoms with Gasteiger partial charge < -0.3 is 5.32 Å². The lowest BCUT2D eigenvalue weighted by atomic mass is 10.2. The predicted molar refractivity (Wildman–Crippen MR) is 116 cm³/mol. The molecular formula is C22H13F6N7O2. The summed E-state index contributed by atoms with van der Waals surface area (Å²) in [5.74, 6) is -1.68. The minimum atomic E-state index is -4.79. The Hall–Kier alpha value is -4.69. The standard InChI is InChI=1S/C22H13F6N7O2/c1-11(36)12-5-6-17(37)35(10-12)20-33-18(14-3-2-4-15(31-14)21(23,24)25)32-19(34-20)30-13-7-8-29-16(9-13)22(26,27)28/h2-10H,1H3,(H,29,30,32,33,34). The van der Waals surface area contributed by atoms with Crippen LogP contribution in [0.15, 0.2) is 59.7 Å². The second-order valence-electron chi connectivity index (χ2n) is 7.42. The normalized spacial score (nSPS) is 11.9. The molecule has 0 amide bonds. The number of pyridine rings is 3. The van der Waals surface area contributed by atoms with Crippen LogP contribution in [0, 0.1) is 0 Å². The van der Waals surface area contributed by atoms with E-state index < -0.39 is 52.8 Å². The average molecular weight is 521 g/mol. The van der Waals surface area contributed by atoms with Crippen molar-refractivity contribution in [1.82, 2.24) is 29.5 Å². The Morgan fingerprint density at radius 2 is 1.62 bits per heavy atom. The zero-order chi connectivity index (χ0) is 27.0. The van der Waals surface area contributed by atoms with Crippen molar-refractivity contribution in [2.45, 2.75) is 19.3 Å². The molecule has 4 heterocycles. The first-order chi connectivity index (χ1) is 17.3. The van der Waals surface area contributed by atoms with Crippen LogP contribution in [0.1, 0.15) is 28.7 Å². The number of Topliss-reactive ketones (excluding diaryl/α,β-unsaturated/α-hetero) is 1. The van der Waals surface area contributed by atoms with E-state index in [0.29, 0.717) is 6.07 Å². The highest BCUT2D eigenvalue weighted by Crippen LogP contribution is 2.30. The van der Waals surface area contributed by atoms with E-state index in [-0.39, 0.29) is 16.9 Å². The third-order valence-electron chi connectivity index (χ3n) is 4.73. The van der Waals surface area contributed by atoms with Gasteiger partial charge in [0.15, 0.2) is 11.6 Å². The minimum Gasteiger partial charge on any atom is -0.324 e. The maximum absolute atomic E-state index is 13.2. The number of anilines is 2. The lowest BCUT2D eigenvalue weighted by Crippen LogP contribution is -2.21. The summed E-state index contributed by atoms with van der Waals surface area (Å²) in [4.78, 5) is 43.0. The molecule has 190 valence electrons. The van der Waals surface area contributed by atoms with E-state index in [1.807, 2.05) is 0 Å². The number of halogens is 6. The smallest absolute Gasteiger partial charge is 0.324 e. The molecule has 4 rings (SSSR count). The molecule has 37 heavy (non-hydrogen) atoms. The van der Waals surface area contributed by atoms with Gasteiger partial charge in [-0.25, -0.2) is 4.98 Å². The Bertz CT molecular complexity index is 1550. The molecule has 0 atom stereocenters. The largest absolute Gasteiger partial charge is 0.433 e. The lowest BCUT2D eigenvalue weighted by molar-refractivity contribution is -0.141. The lowest BCUT2D eigenvalue weighted by Gasteiger charge is -2.12. The van der Waals surface area contributed by atoms with Gasteiger partial charge in [0.1, 0.15) is 17.1 Å². The number of carbonyl (C=O) groups is 1. The zero-order valence-electron chi connectivity index (χ0n) is 18.5. The van der Waals surface area contributed by atoms with Crippen LogP contribution in [0.5, 0.6) is 0 Å². The van der Waals surface area contributed by atoms with Crippen LogP contribution in [0.3, 0.4) is 0 Å². The van der Waals surface area contributed by atoms with Crippen molar-refractivity contribution < 1.29 is 31.1 Å². The second kappa shape index (κ2) is 9.40. The number of alkyl halides is 6. The van der Waals surface area contributed by atoms with E-state index in [1.165, 1.54) is 25.1 Å². The van der Waals surface area contributed by atoms with Crippen LogP contribution in [-0.2, 0) is 12.4 Å². The number of nitrogens with one attached hydrogen (secondary N) is 1. The van der Waals surface area contributed by atoms with Crippen molar-refractivity contribution in [3.8, 4) is 17.5 Å². The Labute approximate surface area is 202 Å². The molecule has 4 aromatic rings. The van der Waals surface area contributed by atoms with E-state index in [1.54, 1.807) is 0 Å². The molecule has 1 N–H and O–H groups in total. The number of hydrogen-bond acceptors (Lipinski definition) is 8. The summed E-state index contributed by atoms with van der Waals surface area (Å²) in [5.41, 5.74) is -3.60. The third-order valence-corrected chi connectivity index (χ3v) is 4.73. The first kappa shape index (κ1) is 25.4. The van der Waals surface area contributed by atoms with Crippen molar-refractivity contribution in [3.63, 3.8) is 0 Å². The van der Waals surface area contributed by atoms with E-state index in [9.17, 15) is 35.9 Å². The molecular weight excluding hydrogens is 508 g/mol. The molecule has 0 fully saturated rings. The van der Waals surface area contributed by atoms with Gasteiger partial charge in [0.25, 0.3) is 5.56 Å². The van der Waals surface area contributed by atoms with E-state index in [0.717, 1.165) is 35.2 Å². The van der Waals surface area contributed by atoms with E-state index in [2.05, 4.69) is 30.2 Å². The summed E-state index contributed by atoms with van der Waals surface area (Å²) < 4.78 is 79.6. The molecule has 0 aliphatic rings. The van der Waals surface area contributed by atoms with E-state index in [4.69, 9.17) is 0 Å². The first-order valence-electron chi connectivity index (χ1n) is 10.2. The molecule has 4 aromatic heterocycles. The van der Waals surface area contributed by atoms with Crippen molar-refractivity contribution in [1.29, 1.82) is 0 Å². The van der Waals surface area contributed by atoms with Crippen LogP contribution < -0.4 is 10.9 Å².